The average Bonchev–Trinajstić information content (AvgIpc) is 2.35. The summed E-state index contributed by atoms with van der Waals surface area (Å²) in [5, 5.41) is 0.578. The molecule has 2 aromatic rings. The molecule has 2 rings (SSSR count). The van der Waals surface area contributed by atoms with E-state index in [1.807, 2.05) is 6.92 Å². The summed E-state index contributed by atoms with van der Waals surface area (Å²) in [6.07, 6.45) is 0.724. The molecule has 96 valence electrons. The highest BCUT2D eigenvalue weighted by atomic mass is 32.2. The van der Waals surface area contributed by atoms with E-state index in [0.29, 0.717) is 17.5 Å². The van der Waals surface area contributed by atoms with Crippen LogP contribution in [0.15, 0.2) is 44.4 Å². The van der Waals surface area contributed by atoms with Gasteiger partial charge in [-0.25, -0.2) is 17.9 Å². The monoisotopic (exact) mass is 267 g/mol. The zero-order valence-corrected chi connectivity index (χ0v) is 10.7. The van der Waals surface area contributed by atoms with Crippen molar-refractivity contribution >= 4 is 21.0 Å². The van der Waals surface area contributed by atoms with Gasteiger partial charge < -0.3 is 4.42 Å². The van der Waals surface area contributed by atoms with Crippen molar-refractivity contribution in [2.75, 3.05) is 6.54 Å². The smallest absolute Gasteiger partial charge is 0.336 e. The van der Waals surface area contributed by atoms with Gasteiger partial charge in [0.1, 0.15) is 5.58 Å². The van der Waals surface area contributed by atoms with Gasteiger partial charge in [0, 0.05) is 18.0 Å². The summed E-state index contributed by atoms with van der Waals surface area (Å²) in [6, 6.07) is 7.19. The first-order chi connectivity index (χ1) is 8.53. The first-order valence-electron chi connectivity index (χ1n) is 5.56. The van der Waals surface area contributed by atoms with Crippen molar-refractivity contribution in [3.63, 3.8) is 0 Å². The second-order valence-corrected chi connectivity index (χ2v) is 5.62. The molecular weight excluding hydrogens is 254 g/mol. The van der Waals surface area contributed by atoms with Gasteiger partial charge in [-0.05, 0) is 30.7 Å². The first-order valence-corrected chi connectivity index (χ1v) is 7.05. The van der Waals surface area contributed by atoms with Crippen LogP contribution >= 0.6 is 0 Å². The lowest BCUT2D eigenvalue weighted by Crippen LogP contribution is -2.24. The number of hydrogen-bond acceptors (Lipinski definition) is 4. The van der Waals surface area contributed by atoms with Gasteiger partial charge in [0.25, 0.3) is 0 Å². The van der Waals surface area contributed by atoms with Crippen LogP contribution in [0.5, 0.6) is 0 Å². The molecule has 0 unspecified atom stereocenters. The van der Waals surface area contributed by atoms with Crippen LogP contribution in [0, 0.1) is 0 Å². The molecule has 0 fully saturated rings. The van der Waals surface area contributed by atoms with Crippen LogP contribution in [0.1, 0.15) is 13.3 Å². The van der Waals surface area contributed by atoms with Gasteiger partial charge in [0.15, 0.2) is 0 Å². The summed E-state index contributed by atoms with van der Waals surface area (Å²) in [6.45, 7) is 2.28. The van der Waals surface area contributed by atoms with Crippen LogP contribution < -0.4 is 10.3 Å². The zero-order chi connectivity index (χ0) is 13.2. The largest absolute Gasteiger partial charge is 0.423 e. The van der Waals surface area contributed by atoms with Crippen molar-refractivity contribution in [3.05, 3.63) is 40.8 Å². The lowest BCUT2D eigenvalue weighted by atomic mass is 10.2. The predicted octanol–water partition coefficient (Wildman–Crippen LogP) is 1.48. The Morgan fingerprint density at radius 1 is 1.22 bits per heavy atom. The van der Waals surface area contributed by atoms with Gasteiger partial charge in [-0.1, -0.05) is 6.92 Å². The Morgan fingerprint density at radius 3 is 2.72 bits per heavy atom. The Labute approximate surface area is 104 Å². The lowest BCUT2D eigenvalue weighted by molar-refractivity contribution is 0.560. The highest BCUT2D eigenvalue weighted by Gasteiger charge is 2.13. The predicted molar refractivity (Wildman–Crippen MR) is 68.0 cm³/mol. The second kappa shape index (κ2) is 4.91. The van der Waals surface area contributed by atoms with Gasteiger partial charge in [-0.2, -0.15) is 0 Å². The van der Waals surface area contributed by atoms with E-state index in [2.05, 4.69) is 4.72 Å². The van der Waals surface area contributed by atoms with E-state index < -0.39 is 15.6 Å². The van der Waals surface area contributed by atoms with Crippen molar-refractivity contribution in [3.8, 4) is 0 Å². The molecule has 0 aliphatic carbocycles. The Balaban J connectivity index is 2.47. The van der Waals surface area contributed by atoms with Gasteiger partial charge in [0.2, 0.25) is 10.0 Å². The van der Waals surface area contributed by atoms with E-state index in [9.17, 15) is 13.2 Å². The molecule has 1 N–H and O–H groups in total. The summed E-state index contributed by atoms with van der Waals surface area (Å²) >= 11 is 0. The molecule has 0 saturated heterocycles. The maximum absolute atomic E-state index is 11.9. The molecular formula is C12H13NO4S. The van der Waals surface area contributed by atoms with E-state index in [-0.39, 0.29) is 4.90 Å². The Hall–Kier alpha value is -1.66. The normalized spacial score (nSPS) is 11.8. The SMILES string of the molecule is CCCNS(=O)(=O)c1ccc2oc(=O)ccc2c1. The van der Waals surface area contributed by atoms with Crippen LogP contribution in [0.2, 0.25) is 0 Å². The van der Waals surface area contributed by atoms with Gasteiger partial charge in [-0.3, -0.25) is 0 Å². The summed E-state index contributed by atoms with van der Waals surface area (Å²) < 4.78 is 31.2. The summed E-state index contributed by atoms with van der Waals surface area (Å²) in [4.78, 5) is 11.2. The standard InChI is InChI=1S/C12H13NO4S/c1-2-7-13-18(15,16)10-4-5-11-9(8-10)3-6-12(14)17-11/h3-6,8,13H,2,7H2,1H3. The lowest BCUT2D eigenvalue weighted by Gasteiger charge is -2.06. The topological polar surface area (TPSA) is 76.4 Å². The van der Waals surface area contributed by atoms with Crippen molar-refractivity contribution in [1.29, 1.82) is 0 Å². The quantitative estimate of drug-likeness (QED) is 0.851. The van der Waals surface area contributed by atoms with E-state index in [1.54, 1.807) is 6.07 Å². The molecule has 6 heteroatoms. The fourth-order valence-corrected chi connectivity index (χ4v) is 2.71. The minimum absolute atomic E-state index is 0.164. The highest BCUT2D eigenvalue weighted by Crippen LogP contribution is 2.17. The van der Waals surface area contributed by atoms with Gasteiger partial charge in [0.05, 0.1) is 4.90 Å². The number of hydrogen-bond donors (Lipinski definition) is 1. The number of nitrogens with one attached hydrogen (secondary N) is 1. The third-order valence-electron chi connectivity index (χ3n) is 2.44. The Kier molecular flexibility index (Phi) is 3.49. The molecule has 0 bridgehead atoms. The zero-order valence-electron chi connectivity index (χ0n) is 9.84. The van der Waals surface area contributed by atoms with Crippen LogP contribution in [0.4, 0.5) is 0 Å². The first kappa shape index (κ1) is 12.8. The fourth-order valence-electron chi connectivity index (χ4n) is 1.54. The van der Waals surface area contributed by atoms with E-state index in [0.717, 1.165) is 6.42 Å². The second-order valence-electron chi connectivity index (χ2n) is 3.85. The van der Waals surface area contributed by atoms with Gasteiger partial charge in [-0.15, -0.1) is 0 Å². The molecule has 0 amide bonds. The van der Waals surface area contributed by atoms with Crippen LogP contribution in [0.25, 0.3) is 11.0 Å². The maximum atomic E-state index is 11.9. The van der Waals surface area contributed by atoms with Crippen molar-refractivity contribution in [2.45, 2.75) is 18.2 Å². The van der Waals surface area contributed by atoms with Gasteiger partial charge >= 0.3 is 5.63 Å². The molecule has 0 radical (unpaired) electrons. The minimum Gasteiger partial charge on any atom is -0.423 e. The molecule has 0 saturated carbocycles. The van der Waals surface area contributed by atoms with E-state index >= 15 is 0 Å². The molecule has 0 aliphatic heterocycles. The number of rotatable bonds is 4. The summed E-state index contributed by atoms with van der Waals surface area (Å²) in [7, 11) is -3.49. The summed E-state index contributed by atoms with van der Waals surface area (Å²) in [5.41, 5.74) is -0.0841. The third kappa shape index (κ3) is 2.60. The van der Waals surface area contributed by atoms with Crippen LogP contribution in [-0.2, 0) is 10.0 Å². The summed E-state index contributed by atoms with van der Waals surface area (Å²) in [5.74, 6) is 0. The Morgan fingerprint density at radius 2 is 2.00 bits per heavy atom. The molecule has 18 heavy (non-hydrogen) atoms. The molecule has 1 aromatic carbocycles. The maximum Gasteiger partial charge on any atom is 0.336 e. The fraction of sp³-hybridized carbons (Fsp3) is 0.250. The average molecular weight is 267 g/mol. The van der Waals surface area contributed by atoms with E-state index in [4.69, 9.17) is 4.42 Å². The molecule has 0 atom stereocenters. The van der Waals surface area contributed by atoms with Crippen molar-refractivity contribution in [2.24, 2.45) is 0 Å². The number of benzene rings is 1. The number of fused-ring (bicyclic) bond motifs is 1. The highest BCUT2D eigenvalue weighted by molar-refractivity contribution is 7.89. The minimum atomic E-state index is -3.49. The van der Waals surface area contributed by atoms with Crippen LogP contribution in [0.3, 0.4) is 0 Å². The van der Waals surface area contributed by atoms with Crippen molar-refractivity contribution in [1.82, 2.24) is 4.72 Å². The molecule has 5 nitrogen and oxygen atoms in total. The molecule has 0 spiro atoms. The van der Waals surface area contributed by atoms with Crippen LogP contribution in [-0.4, -0.2) is 15.0 Å². The molecule has 0 aliphatic rings. The Bertz CT molecular complexity index is 718. The van der Waals surface area contributed by atoms with E-state index in [1.165, 1.54) is 24.3 Å². The molecule has 1 aromatic heterocycles. The molecule has 1 heterocycles. The van der Waals surface area contributed by atoms with Crippen molar-refractivity contribution < 1.29 is 12.8 Å². The number of sulfonamides is 1. The third-order valence-corrected chi connectivity index (χ3v) is 3.90.